The van der Waals surface area contributed by atoms with E-state index in [9.17, 15) is 19.8 Å². The second-order valence-electron chi connectivity index (χ2n) is 9.19. The molecular weight excluding hydrogens is 529 g/mol. The number of amides is 1. The number of aromatic nitrogens is 2. The highest BCUT2D eigenvalue weighted by Gasteiger charge is 2.27. The van der Waals surface area contributed by atoms with Crippen LogP contribution in [0.4, 0.5) is 0 Å². The Morgan fingerprint density at radius 2 is 1.75 bits per heavy atom. The molecule has 1 amide bonds. The molecular formula is C25H26Cl3N3O5. The predicted molar refractivity (Wildman–Crippen MR) is 138 cm³/mol. The normalized spacial score (nSPS) is 13.2. The molecule has 0 fully saturated rings. The zero-order valence-corrected chi connectivity index (χ0v) is 22.1. The summed E-state index contributed by atoms with van der Waals surface area (Å²) in [5.41, 5.74) is 0.327. The van der Waals surface area contributed by atoms with Crippen LogP contribution in [0.25, 0.3) is 5.69 Å². The lowest BCUT2D eigenvalue weighted by atomic mass is 9.90. The van der Waals surface area contributed by atoms with Gasteiger partial charge in [-0.3, -0.25) is 9.59 Å². The van der Waals surface area contributed by atoms with Gasteiger partial charge in [0.25, 0.3) is 5.91 Å². The fraction of sp³-hybridized carbons (Fsp3) is 0.320. The number of hydrogen-bond acceptors (Lipinski definition) is 5. The second kappa shape index (κ2) is 11.5. The van der Waals surface area contributed by atoms with Crippen molar-refractivity contribution in [2.45, 2.75) is 39.3 Å². The van der Waals surface area contributed by atoms with Gasteiger partial charge < -0.3 is 20.3 Å². The van der Waals surface area contributed by atoms with Gasteiger partial charge in [0.05, 0.1) is 39.3 Å². The van der Waals surface area contributed by atoms with E-state index in [1.165, 1.54) is 10.7 Å². The minimum Gasteiger partial charge on any atom is -0.481 e. The highest BCUT2D eigenvalue weighted by Crippen LogP contribution is 2.32. The van der Waals surface area contributed by atoms with E-state index in [1.807, 2.05) is 20.8 Å². The maximum atomic E-state index is 13.2. The van der Waals surface area contributed by atoms with Gasteiger partial charge in [0.15, 0.2) is 5.69 Å². The Balaban J connectivity index is 1.96. The van der Waals surface area contributed by atoms with Crippen LogP contribution in [-0.2, 0) is 4.79 Å². The van der Waals surface area contributed by atoms with Crippen molar-refractivity contribution in [1.29, 1.82) is 0 Å². The number of aliphatic hydroxyl groups excluding tert-OH is 1. The summed E-state index contributed by atoms with van der Waals surface area (Å²) < 4.78 is 7.19. The number of aliphatic hydroxyl groups is 1. The molecule has 0 aliphatic heterocycles. The molecule has 8 nitrogen and oxygen atoms in total. The Morgan fingerprint density at radius 1 is 1.08 bits per heavy atom. The molecule has 11 heteroatoms. The molecule has 0 aliphatic rings. The summed E-state index contributed by atoms with van der Waals surface area (Å²) in [5, 5.41) is 27.6. The van der Waals surface area contributed by atoms with Crippen molar-refractivity contribution in [3.63, 3.8) is 0 Å². The summed E-state index contributed by atoms with van der Waals surface area (Å²) in [7, 11) is 0. The van der Waals surface area contributed by atoms with Gasteiger partial charge in [0, 0.05) is 6.07 Å². The average Bonchev–Trinajstić information content (AvgIpc) is 3.22. The second-order valence-corrected chi connectivity index (χ2v) is 10.4. The molecule has 0 radical (unpaired) electrons. The van der Waals surface area contributed by atoms with Crippen molar-refractivity contribution < 1.29 is 24.5 Å². The molecule has 3 rings (SSSR count). The SMILES string of the molecule is CC(C)(C)[C@@H](O)COc1cc(C(=O)N[C@@H](CC(=O)O)c2cccc(Cl)c2Cl)nn1-c1ccccc1Cl. The van der Waals surface area contributed by atoms with Crippen LogP contribution >= 0.6 is 34.8 Å². The Kier molecular flexibility index (Phi) is 8.89. The summed E-state index contributed by atoms with van der Waals surface area (Å²) in [6, 6.07) is 12.0. The number of carbonyl (C=O) groups excluding carboxylic acids is 1. The fourth-order valence-electron chi connectivity index (χ4n) is 3.22. The lowest BCUT2D eigenvalue weighted by Gasteiger charge is -2.25. The van der Waals surface area contributed by atoms with E-state index in [-0.39, 0.29) is 28.2 Å². The van der Waals surface area contributed by atoms with Crippen LogP contribution in [0, 0.1) is 5.41 Å². The molecule has 36 heavy (non-hydrogen) atoms. The molecule has 0 unspecified atom stereocenters. The molecule has 0 aliphatic carbocycles. The van der Waals surface area contributed by atoms with Crippen molar-refractivity contribution >= 4 is 46.7 Å². The van der Waals surface area contributed by atoms with Crippen molar-refractivity contribution in [3.8, 4) is 11.6 Å². The van der Waals surface area contributed by atoms with Crippen molar-refractivity contribution in [2.24, 2.45) is 5.41 Å². The van der Waals surface area contributed by atoms with Crippen molar-refractivity contribution in [3.05, 3.63) is 74.9 Å². The number of aliphatic carboxylic acids is 1. The molecule has 0 saturated heterocycles. The lowest BCUT2D eigenvalue weighted by Crippen LogP contribution is -2.32. The maximum Gasteiger partial charge on any atom is 0.305 e. The maximum absolute atomic E-state index is 13.2. The van der Waals surface area contributed by atoms with E-state index in [1.54, 1.807) is 42.5 Å². The van der Waals surface area contributed by atoms with E-state index < -0.39 is 35.9 Å². The van der Waals surface area contributed by atoms with Crippen LogP contribution < -0.4 is 10.1 Å². The Bertz CT molecular complexity index is 1260. The number of para-hydroxylation sites is 1. The summed E-state index contributed by atoms with van der Waals surface area (Å²) in [4.78, 5) is 24.7. The number of carboxylic acids is 1. The molecule has 192 valence electrons. The molecule has 0 spiro atoms. The Morgan fingerprint density at radius 3 is 2.39 bits per heavy atom. The standard InChI is InChI=1S/C25H26Cl3N3O5/c1-25(2,3)20(32)13-36-21-11-18(30-31(21)19-10-5-4-8-15(19)26)24(35)29-17(12-22(33)34)14-7-6-9-16(27)23(14)28/h4-11,17,20,32H,12-13H2,1-3H3,(H,29,35)(H,33,34)/t17-,20-/m0/s1. The summed E-state index contributed by atoms with van der Waals surface area (Å²) in [6.07, 6.45) is -1.23. The van der Waals surface area contributed by atoms with Gasteiger partial charge in [-0.05, 0) is 29.2 Å². The zero-order valence-electron chi connectivity index (χ0n) is 19.8. The highest BCUT2D eigenvalue weighted by atomic mass is 35.5. The number of ether oxygens (including phenoxy) is 1. The molecule has 0 saturated carbocycles. The van der Waals surface area contributed by atoms with Gasteiger partial charge in [-0.25, -0.2) is 0 Å². The van der Waals surface area contributed by atoms with Crippen LogP contribution in [-0.4, -0.2) is 44.6 Å². The fourth-order valence-corrected chi connectivity index (χ4v) is 3.88. The first-order valence-electron chi connectivity index (χ1n) is 11.0. The summed E-state index contributed by atoms with van der Waals surface area (Å²) in [6.45, 7) is 5.55. The first-order valence-corrected chi connectivity index (χ1v) is 12.1. The molecule has 1 heterocycles. The van der Waals surface area contributed by atoms with Crippen LogP contribution in [0.3, 0.4) is 0 Å². The number of halogens is 3. The highest BCUT2D eigenvalue weighted by molar-refractivity contribution is 6.42. The van der Waals surface area contributed by atoms with E-state index >= 15 is 0 Å². The molecule has 3 N–H and O–H groups in total. The minimum atomic E-state index is -1.14. The largest absolute Gasteiger partial charge is 0.481 e. The zero-order chi connectivity index (χ0) is 26.6. The number of carbonyl (C=O) groups is 2. The summed E-state index contributed by atoms with van der Waals surface area (Å²) >= 11 is 18.7. The van der Waals surface area contributed by atoms with E-state index in [0.29, 0.717) is 16.3 Å². The number of benzene rings is 2. The first-order chi connectivity index (χ1) is 16.9. The molecule has 0 bridgehead atoms. The number of nitrogens with one attached hydrogen (secondary N) is 1. The monoisotopic (exact) mass is 553 g/mol. The number of hydrogen-bond donors (Lipinski definition) is 3. The predicted octanol–water partition coefficient (Wildman–Crippen LogP) is 5.56. The topological polar surface area (TPSA) is 114 Å². The molecule has 3 aromatic rings. The van der Waals surface area contributed by atoms with Gasteiger partial charge in [-0.15, -0.1) is 0 Å². The number of carboxylic acid groups (broad SMARTS) is 1. The molecule has 2 aromatic carbocycles. The third kappa shape index (κ3) is 6.70. The first kappa shape index (κ1) is 27.8. The van der Waals surface area contributed by atoms with E-state index in [4.69, 9.17) is 39.5 Å². The van der Waals surface area contributed by atoms with E-state index in [2.05, 4.69) is 10.4 Å². The third-order valence-corrected chi connectivity index (χ3v) is 6.57. The number of nitrogens with zero attached hydrogens (tertiary/aromatic N) is 2. The van der Waals surface area contributed by atoms with Gasteiger partial charge in [0.2, 0.25) is 5.88 Å². The lowest BCUT2D eigenvalue weighted by molar-refractivity contribution is -0.137. The smallest absolute Gasteiger partial charge is 0.305 e. The minimum absolute atomic E-state index is 0.0521. The van der Waals surface area contributed by atoms with Crippen molar-refractivity contribution in [1.82, 2.24) is 15.1 Å². The van der Waals surface area contributed by atoms with E-state index in [0.717, 1.165) is 0 Å². The van der Waals surface area contributed by atoms with Crippen LogP contribution in [0.5, 0.6) is 5.88 Å². The third-order valence-electron chi connectivity index (χ3n) is 5.42. The summed E-state index contributed by atoms with van der Waals surface area (Å²) in [5.74, 6) is -1.63. The molecule has 1 aromatic heterocycles. The van der Waals surface area contributed by atoms with Gasteiger partial charge in [0.1, 0.15) is 6.61 Å². The van der Waals surface area contributed by atoms with Crippen molar-refractivity contribution in [2.75, 3.05) is 6.61 Å². The average molecular weight is 555 g/mol. The van der Waals surface area contributed by atoms with Gasteiger partial charge in [-0.2, -0.15) is 9.78 Å². The number of rotatable bonds is 9. The molecule has 2 atom stereocenters. The Labute approximate surface area is 223 Å². The van der Waals surface area contributed by atoms with Gasteiger partial charge in [-0.1, -0.05) is 79.8 Å². The van der Waals surface area contributed by atoms with Crippen LogP contribution in [0.1, 0.15) is 49.3 Å². The van der Waals surface area contributed by atoms with Crippen LogP contribution in [0.2, 0.25) is 15.1 Å². The Hall–Kier alpha value is -2.78. The van der Waals surface area contributed by atoms with Gasteiger partial charge >= 0.3 is 5.97 Å². The quantitative estimate of drug-likeness (QED) is 0.319. The van der Waals surface area contributed by atoms with Crippen LogP contribution in [0.15, 0.2) is 48.5 Å².